The zero-order chi connectivity index (χ0) is 22.0. The molecule has 0 bridgehead atoms. The molecular formula is C23H30ClN5O2. The molecule has 8 heteroatoms. The van der Waals surface area contributed by atoms with Gasteiger partial charge in [-0.3, -0.25) is 4.68 Å². The van der Waals surface area contributed by atoms with Crippen LogP contribution in [-0.2, 0) is 25.7 Å². The SMILES string of the molecule is CC.Cn1ccc(CNCc2cc3cc(Cl)c4c(c3o2)C2(CCCCC2)NC(=O)N4)n1. The summed E-state index contributed by atoms with van der Waals surface area (Å²) in [6.45, 7) is 5.25. The van der Waals surface area contributed by atoms with Crippen molar-refractivity contribution in [1.82, 2.24) is 20.4 Å². The number of carbonyl (C=O) groups excluding carboxylic acids is 1. The maximum atomic E-state index is 12.3. The number of anilines is 1. The highest BCUT2D eigenvalue weighted by Gasteiger charge is 2.43. The van der Waals surface area contributed by atoms with Gasteiger partial charge in [0.1, 0.15) is 11.3 Å². The van der Waals surface area contributed by atoms with E-state index in [0.29, 0.717) is 23.8 Å². The Bertz CT molecular complexity index is 1080. The molecule has 1 fully saturated rings. The number of aromatic nitrogens is 2. The molecule has 1 spiro atoms. The van der Waals surface area contributed by atoms with Crippen LogP contribution in [0.25, 0.3) is 11.0 Å². The van der Waals surface area contributed by atoms with Gasteiger partial charge >= 0.3 is 6.03 Å². The molecule has 3 heterocycles. The molecule has 31 heavy (non-hydrogen) atoms. The van der Waals surface area contributed by atoms with Crippen molar-refractivity contribution >= 4 is 34.3 Å². The molecule has 0 atom stereocenters. The van der Waals surface area contributed by atoms with Crippen molar-refractivity contribution in [3.8, 4) is 0 Å². The number of hydrogen-bond donors (Lipinski definition) is 3. The highest BCUT2D eigenvalue weighted by molar-refractivity contribution is 6.35. The zero-order valence-electron chi connectivity index (χ0n) is 18.3. The van der Waals surface area contributed by atoms with Gasteiger partial charge in [-0.1, -0.05) is 44.7 Å². The number of rotatable bonds is 4. The smallest absolute Gasteiger partial charge is 0.319 e. The molecule has 1 saturated carbocycles. The third kappa shape index (κ3) is 4.16. The topological polar surface area (TPSA) is 84.1 Å². The summed E-state index contributed by atoms with van der Waals surface area (Å²) in [5.74, 6) is 0.836. The number of urea groups is 1. The summed E-state index contributed by atoms with van der Waals surface area (Å²) >= 11 is 6.57. The zero-order valence-corrected chi connectivity index (χ0v) is 19.1. The van der Waals surface area contributed by atoms with Gasteiger partial charge in [-0.25, -0.2) is 4.79 Å². The fraction of sp³-hybridized carbons (Fsp3) is 0.478. The van der Waals surface area contributed by atoms with Crippen LogP contribution < -0.4 is 16.0 Å². The average Bonchev–Trinajstić information content (AvgIpc) is 3.35. The minimum atomic E-state index is -0.407. The van der Waals surface area contributed by atoms with Crippen LogP contribution in [0.3, 0.4) is 0 Å². The molecular weight excluding hydrogens is 414 g/mol. The Hall–Kier alpha value is -2.51. The maximum absolute atomic E-state index is 12.3. The van der Waals surface area contributed by atoms with Crippen LogP contribution in [0.15, 0.2) is 28.8 Å². The van der Waals surface area contributed by atoms with Gasteiger partial charge < -0.3 is 20.4 Å². The number of nitrogens with zero attached hydrogens (tertiary/aromatic N) is 2. The third-order valence-corrected chi connectivity index (χ3v) is 6.26. The fourth-order valence-corrected chi connectivity index (χ4v) is 4.95. The summed E-state index contributed by atoms with van der Waals surface area (Å²) < 4.78 is 8.08. The molecule has 1 aliphatic heterocycles. The van der Waals surface area contributed by atoms with Gasteiger partial charge in [0.2, 0.25) is 0 Å². The van der Waals surface area contributed by atoms with E-state index in [-0.39, 0.29) is 6.03 Å². The van der Waals surface area contributed by atoms with Crippen LogP contribution in [0, 0.1) is 0 Å². The van der Waals surface area contributed by atoms with Crippen LogP contribution in [-0.4, -0.2) is 15.8 Å². The molecule has 5 rings (SSSR count). The Morgan fingerprint density at radius 2 is 2.00 bits per heavy atom. The standard InChI is InChI=1S/C21H24ClN5O2.C2H6/c1-27-8-5-14(26-27)11-23-12-15-9-13-10-16(22)18-17(19(13)29-15)21(25-20(28)24-18)6-3-2-4-7-21;1-2/h5,8-10,23H,2-4,6-7,11-12H2,1H3,(H2,24,25,28);1-2H3. The van der Waals surface area contributed by atoms with E-state index in [1.165, 1.54) is 6.42 Å². The monoisotopic (exact) mass is 443 g/mol. The number of furan rings is 1. The molecule has 0 unspecified atom stereocenters. The second-order valence-electron chi connectivity index (χ2n) is 8.05. The predicted octanol–water partition coefficient (Wildman–Crippen LogP) is 5.43. The Morgan fingerprint density at radius 1 is 1.23 bits per heavy atom. The van der Waals surface area contributed by atoms with Crippen molar-refractivity contribution < 1.29 is 9.21 Å². The Labute approximate surface area is 187 Å². The summed E-state index contributed by atoms with van der Waals surface area (Å²) in [5, 5.41) is 15.4. The number of nitrogens with one attached hydrogen (secondary N) is 3. The van der Waals surface area contributed by atoms with E-state index in [0.717, 1.165) is 53.7 Å². The van der Waals surface area contributed by atoms with Crippen molar-refractivity contribution in [1.29, 1.82) is 0 Å². The minimum absolute atomic E-state index is 0.190. The van der Waals surface area contributed by atoms with Crippen molar-refractivity contribution in [3.63, 3.8) is 0 Å². The molecule has 2 aliphatic rings. The molecule has 2 aromatic heterocycles. The molecule has 0 saturated heterocycles. The Balaban J connectivity index is 0.00000112. The van der Waals surface area contributed by atoms with Crippen molar-refractivity contribution in [2.45, 2.75) is 64.6 Å². The van der Waals surface area contributed by atoms with E-state index < -0.39 is 5.54 Å². The van der Waals surface area contributed by atoms with Crippen LogP contribution in [0.2, 0.25) is 5.02 Å². The lowest BCUT2D eigenvalue weighted by Gasteiger charge is -2.42. The molecule has 3 N–H and O–H groups in total. The van der Waals surface area contributed by atoms with Crippen LogP contribution in [0.5, 0.6) is 0 Å². The first-order valence-corrected chi connectivity index (χ1v) is 11.5. The van der Waals surface area contributed by atoms with Crippen LogP contribution in [0.1, 0.15) is 63.0 Å². The summed E-state index contributed by atoms with van der Waals surface area (Å²) in [4.78, 5) is 12.3. The lowest BCUT2D eigenvalue weighted by molar-refractivity contribution is 0.209. The van der Waals surface area contributed by atoms with E-state index in [1.54, 1.807) is 4.68 Å². The molecule has 7 nitrogen and oxygen atoms in total. The van der Waals surface area contributed by atoms with E-state index in [2.05, 4.69) is 21.0 Å². The first-order chi connectivity index (χ1) is 15.0. The normalized spacial score (nSPS) is 17.0. The van der Waals surface area contributed by atoms with Crippen LogP contribution >= 0.6 is 11.6 Å². The number of amides is 2. The number of hydrogen-bond acceptors (Lipinski definition) is 4. The Morgan fingerprint density at radius 3 is 2.71 bits per heavy atom. The molecule has 1 aromatic carbocycles. The molecule has 0 radical (unpaired) electrons. The minimum Gasteiger partial charge on any atom is -0.459 e. The van der Waals surface area contributed by atoms with E-state index >= 15 is 0 Å². The van der Waals surface area contributed by atoms with Crippen molar-refractivity contribution in [3.05, 3.63) is 46.4 Å². The van der Waals surface area contributed by atoms with Crippen LogP contribution in [0.4, 0.5) is 10.5 Å². The van der Waals surface area contributed by atoms with Gasteiger partial charge in [0, 0.05) is 30.7 Å². The predicted molar refractivity (Wildman–Crippen MR) is 123 cm³/mol. The first kappa shape index (κ1) is 21.7. The fourth-order valence-electron chi connectivity index (χ4n) is 4.69. The largest absolute Gasteiger partial charge is 0.459 e. The maximum Gasteiger partial charge on any atom is 0.319 e. The number of aryl methyl sites for hydroxylation is 1. The molecule has 3 aromatic rings. The highest BCUT2D eigenvalue weighted by atomic mass is 35.5. The van der Waals surface area contributed by atoms with Gasteiger partial charge in [-0.15, -0.1) is 0 Å². The third-order valence-electron chi connectivity index (χ3n) is 5.96. The summed E-state index contributed by atoms with van der Waals surface area (Å²) in [6, 6.07) is 5.70. The lowest BCUT2D eigenvalue weighted by atomic mass is 9.74. The molecule has 166 valence electrons. The molecule has 1 aliphatic carbocycles. The lowest BCUT2D eigenvalue weighted by Crippen LogP contribution is -2.52. The quantitative estimate of drug-likeness (QED) is 0.502. The molecule has 2 amide bonds. The second-order valence-corrected chi connectivity index (χ2v) is 8.45. The summed E-state index contributed by atoms with van der Waals surface area (Å²) in [6.07, 6.45) is 7.07. The van der Waals surface area contributed by atoms with Crippen molar-refractivity contribution in [2.75, 3.05) is 5.32 Å². The Kier molecular flexibility index (Phi) is 6.25. The first-order valence-electron chi connectivity index (χ1n) is 11.1. The summed E-state index contributed by atoms with van der Waals surface area (Å²) in [7, 11) is 1.91. The summed E-state index contributed by atoms with van der Waals surface area (Å²) in [5.41, 5.74) is 3.07. The average molecular weight is 444 g/mol. The number of halogens is 1. The van der Waals surface area contributed by atoms with Gasteiger partial charge in [0.05, 0.1) is 28.5 Å². The van der Waals surface area contributed by atoms with E-state index in [9.17, 15) is 4.79 Å². The number of benzene rings is 1. The van der Waals surface area contributed by atoms with E-state index in [4.69, 9.17) is 16.0 Å². The van der Waals surface area contributed by atoms with Gasteiger partial charge in [-0.2, -0.15) is 5.10 Å². The highest BCUT2D eigenvalue weighted by Crippen LogP contribution is 2.48. The number of fused-ring (bicyclic) bond motifs is 4. The van der Waals surface area contributed by atoms with Crippen molar-refractivity contribution in [2.24, 2.45) is 7.05 Å². The van der Waals surface area contributed by atoms with Gasteiger partial charge in [0.25, 0.3) is 0 Å². The van der Waals surface area contributed by atoms with E-state index in [1.807, 2.05) is 45.3 Å². The van der Waals surface area contributed by atoms with Gasteiger partial charge in [0.15, 0.2) is 0 Å². The second kappa shape index (κ2) is 8.93. The number of carbonyl (C=O) groups is 1. The van der Waals surface area contributed by atoms with Gasteiger partial charge in [-0.05, 0) is 31.0 Å².